The van der Waals surface area contributed by atoms with E-state index in [1.165, 1.54) is 12.3 Å². The van der Waals surface area contributed by atoms with E-state index in [0.29, 0.717) is 17.1 Å². The summed E-state index contributed by atoms with van der Waals surface area (Å²) in [5.74, 6) is 0.990. The SMILES string of the molecule is COc1ccc(OC[C@@H](C)NC(=O)/C(=C/c2ccco2)NC(=O)c2ccccc2)cc1. The molecule has 7 heteroatoms. The van der Waals surface area contributed by atoms with Crippen LogP contribution in [0.3, 0.4) is 0 Å². The predicted octanol–water partition coefficient (Wildman–Crippen LogP) is 3.64. The molecule has 2 N–H and O–H groups in total. The lowest BCUT2D eigenvalue weighted by Gasteiger charge is -2.17. The fourth-order valence-corrected chi connectivity index (χ4v) is 2.69. The van der Waals surface area contributed by atoms with Gasteiger partial charge in [-0.1, -0.05) is 18.2 Å². The van der Waals surface area contributed by atoms with Gasteiger partial charge in [-0.3, -0.25) is 9.59 Å². The maximum absolute atomic E-state index is 12.8. The topological polar surface area (TPSA) is 89.8 Å². The normalized spacial score (nSPS) is 12.0. The van der Waals surface area contributed by atoms with E-state index >= 15 is 0 Å². The van der Waals surface area contributed by atoms with Crippen LogP contribution in [0.25, 0.3) is 6.08 Å². The molecule has 0 bridgehead atoms. The standard InChI is InChI=1S/C24H24N2O5/c1-17(16-31-20-12-10-19(29-2)11-13-20)25-24(28)22(15-21-9-6-14-30-21)26-23(27)18-7-4-3-5-8-18/h3-15,17H,16H2,1-2H3,(H,25,28)(H,26,27)/b22-15-/t17-/m1/s1. The zero-order valence-corrected chi connectivity index (χ0v) is 17.3. The molecule has 0 radical (unpaired) electrons. The number of benzene rings is 2. The van der Waals surface area contributed by atoms with Crippen LogP contribution in [0.4, 0.5) is 0 Å². The first-order chi connectivity index (χ1) is 15.0. The first kappa shape index (κ1) is 21.7. The van der Waals surface area contributed by atoms with Gasteiger partial charge in [0.25, 0.3) is 11.8 Å². The van der Waals surface area contributed by atoms with Crippen LogP contribution in [-0.2, 0) is 4.79 Å². The highest BCUT2D eigenvalue weighted by molar-refractivity contribution is 6.05. The van der Waals surface area contributed by atoms with Crippen molar-refractivity contribution in [1.29, 1.82) is 0 Å². The summed E-state index contributed by atoms with van der Waals surface area (Å²) >= 11 is 0. The van der Waals surface area contributed by atoms with Crippen molar-refractivity contribution in [1.82, 2.24) is 10.6 Å². The summed E-state index contributed by atoms with van der Waals surface area (Å²) in [4.78, 5) is 25.4. The Morgan fingerprint density at radius 1 is 1.00 bits per heavy atom. The number of methoxy groups -OCH3 is 1. The Balaban J connectivity index is 1.64. The highest BCUT2D eigenvalue weighted by Gasteiger charge is 2.17. The third-order valence-electron chi connectivity index (χ3n) is 4.30. The van der Waals surface area contributed by atoms with Crippen LogP contribution in [0, 0.1) is 0 Å². The van der Waals surface area contributed by atoms with Gasteiger partial charge in [-0.2, -0.15) is 0 Å². The highest BCUT2D eigenvalue weighted by Crippen LogP contribution is 2.17. The Bertz CT molecular complexity index is 1010. The molecule has 0 aliphatic carbocycles. The number of rotatable bonds is 9. The van der Waals surface area contributed by atoms with Crippen LogP contribution in [0.2, 0.25) is 0 Å². The van der Waals surface area contributed by atoms with E-state index in [0.717, 1.165) is 5.75 Å². The molecule has 2 amide bonds. The summed E-state index contributed by atoms with van der Waals surface area (Å²) in [6.07, 6.45) is 2.97. The van der Waals surface area contributed by atoms with Crippen LogP contribution in [0.5, 0.6) is 11.5 Å². The number of nitrogens with one attached hydrogen (secondary N) is 2. The fraction of sp³-hybridized carbons (Fsp3) is 0.167. The van der Waals surface area contributed by atoms with Crippen molar-refractivity contribution in [3.8, 4) is 11.5 Å². The fourth-order valence-electron chi connectivity index (χ4n) is 2.69. The van der Waals surface area contributed by atoms with Gasteiger partial charge in [-0.15, -0.1) is 0 Å². The van der Waals surface area contributed by atoms with Crippen molar-refractivity contribution in [2.45, 2.75) is 13.0 Å². The number of amides is 2. The van der Waals surface area contributed by atoms with Gasteiger partial charge >= 0.3 is 0 Å². The second kappa shape index (κ2) is 10.7. The Labute approximate surface area is 180 Å². The van der Waals surface area contributed by atoms with Crippen molar-refractivity contribution < 1.29 is 23.5 Å². The molecule has 0 aliphatic heterocycles. The van der Waals surface area contributed by atoms with Gasteiger partial charge in [0.15, 0.2) is 0 Å². The molecule has 0 spiro atoms. The second-order valence-corrected chi connectivity index (χ2v) is 6.75. The number of hydrogen-bond donors (Lipinski definition) is 2. The lowest BCUT2D eigenvalue weighted by Crippen LogP contribution is -2.41. The Hall–Kier alpha value is -4.00. The molecule has 0 aliphatic rings. The molecule has 3 rings (SSSR count). The number of ether oxygens (including phenoxy) is 2. The number of hydrogen-bond acceptors (Lipinski definition) is 5. The molecule has 7 nitrogen and oxygen atoms in total. The number of furan rings is 1. The van der Waals surface area contributed by atoms with Crippen molar-refractivity contribution in [3.05, 3.63) is 90.0 Å². The Morgan fingerprint density at radius 2 is 1.71 bits per heavy atom. The van der Waals surface area contributed by atoms with E-state index in [2.05, 4.69) is 10.6 Å². The summed E-state index contributed by atoms with van der Waals surface area (Å²) in [5, 5.41) is 5.49. The van der Waals surface area contributed by atoms with Gasteiger partial charge < -0.3 is 24.5 Å². The van der Waals surface area contributed by atoms with E-state index in [1.807, 2.05) is 13.0 Å². The molecule has 0 fully saturated rings. The summed E-state index contributed by atoms with van der Waals surface area (Å²) in [7, 11) is 1.60. The molecule has 1 atom stereocenters. The van der Waals surface area contributed by atoms with E-state index in [4.69, 9.17) is 13.9 Å². The van der Waals surface area contributed by atoms with Gasteiger partial charge in [0.2, 0.25) is 0 Å². The maximum atomic E-state index is 12.8. The predicted molar refractivity (Wildman–Crippen MR) is 117 cm³/mol. The van der Waals surface area contributed by atoms with E-state index in [1.54, 1.807) is 67.8 Å². The minimum atomic E-state index is -0.452. The van der Waals surface area contributed by atoms with Gasteiger partial charge in [0, 0.05) is 11.6 Å². The maximum Gasteiger partial charge on any atom is 0.268 e. The molecule has 0 saturated heterocycles. The van der Waals surface area contributed by atoms with Crippen molar-refractivity contribution in [2.24, 2.45) is 0 Å². The summed E-state index contributed by atoms with van der Waals surface area (Å²) in [5.41, 5.74) is 0.511. The molecule has 160 valence electrons. The van der Waals surface area contributed by atoms with Crippen LogP contribution in [0.1, 0.15) is 23.0 Å². The molecule has 3 aromatic rings. The average molecular weight is 420 g/mol. The minimum Gasteiger partial charge on any atom is -0.497 e. The van der Waals surface area contributed by atoms with Crippen molar-refractivity contribution >= 4 is 17.9 Å². The molecule has 0 unspecified atom stereocenters. The smallest absolute Gasteiger partial charge is 0.268 e. The van der Waals surface area contributed by atoms with E-state index in [9.17, 15) is 9.59 Å². The van der Waals surface area contributed by atoms with Gasteiger partial charge in [-0.05, 0) is 55.5 Å². The monoisotopic (exact) mass is 420 g/mol. The second-order valence-electron chi connectivity index (χ2n) is 6.75. The lowest BCUT2D eigenvalue weighted by atomic mass is 10.2. The van der Waals surface area contributed by atoms with Gasteiger partial charge in [0.1, 0.15) is 29.6 Å². The zero-order valence-electron chi connectivity index (χ0n) is 17.3. The molecular weight excluding hydrogens is 396 g/mol. The Morgan fingerprint density at radius 3 is 2.35 bits per heavy atom. The summed E-state index contributed by atoms with van der Waals surface area (Å²) in [6, 6.07) is 18.9. The molecule has 1 aromatic heterocycles. The van der Waals surface area contributed by atoms with Crippen LogP contribution in [-0.4, -0.2) is 31.6 Å². The van der Waals surface area contributed by atoms with E-state index < -0.39 is 11.8 Å². The lowest BCUT2D eigenvalue weighted by molar-refractivity contribution is -0.118. The number of carbonyl (C=O) groups excluding carboxylic acids is 2. The minimum absolute atomic E-state index is 0.0695. The molecular formula is C24H24N2O5. The number of carbonyl (C=O) groups is 2. The first-order valence-corrected chi connectivity index (χ1v) is 9.74. The molecule has 1 heterocycles. The highest BCUT2D eigenvalue weighted by atomic mass is 16.5. The Kier molecular flexibility index (Phi) is 7.48. The molecule has 0 saturated carbocycles. The van der Waals surface area contributed by atoms with Crippen LogP contribution < -0.4 is 20.1 Å². The first-order valence-electron chi connectivity index (χ1n) is 9.74. The zero-order chi connectivity index (χ0) is 22.1. The third-order valence-corrected chi connectivity index (χ3v) is 4.30. The van der Waals surface area contributed by atoms with E-state index in [-0.39, 0.29) is 18.3 Å². The van der Waals surface area contributed by atoms with Gasteiger partial charge in [-0.25, -0.2) is 0 Å². The van der Waals surface area contributed by atoms with Crippen molar-refractivity contribution in [2.75, 3.05) is 13.7 Å². The molecule has 2 aromatic carbocycles. The third kappa shape index (κ3) is 6.50. The average Bonchev–Trinajstić information content (AvgIpc) is 3.31. The van der Waals surface area contributed by atoms with Crippen LogP contribution >= 0.6 is 0 Å². The molecule has 31 heavy (non-hydrogen) atoms. The summed E-state index contributed by atoms with van der Waals surface area (Å²) < 4.78 is 16.1. The summed E-state index contributed by atoms with van der Waals surface area (Å²) in [6.45, 7) is 2.06. The largest absolute Gasteiger partial charge is 0.497 e. The van der Waals surface area contributed by atoms with Crippen LogP contribution in [0.15, 0.2) is 83.1 Å². The van der Waals surface area contributed by atoms with Crippen molar-refractivity contribution in [3.63, 3.8) is 0 Å². The quantitative estimate of drug-likeness (QED) is 0.516. The van der Waals surface area contributed by atoms with Gasteiger partial charge in [0.05, 0.1) is 19.4 Å².